The number of guanidine groups is 1. The molecule has 2 fully saturated rings. The molecule has 0 aliphatic heterocycles. The SMILES string of the molecule is CCC(C)NC(N)=NC[C@@H]1C[C@H]1C1CCC1. The number of nitrogens with zero attached hydrogens (tertiary/aromatic N) is 1. The first kappa shape index (κ1) is 11.7. The van der Waals surface area contributed by atoms with Gasteiger partial charge in [-0.15, -0.1) is 0 Å². The van der Waals surface area contributed by atoms with Crippen molar-refractivity contribution >= 4 is 5.96 Å². The Balaban J connectivity index is 1.65. The molecule has 2 saturated carbocycles. The summed E-state index contributed by atoms with van der Waals surface area (Å²) in [6, 6.07) is 0.436. The molecule has 3 heteroatoms. The van der Waals surface area contributed by atoms with Gasteiger partial charge in [0.15, 0.2) is 5.96 Å². The normalized spacial score (nSPS) is 32.0. The van der Waals surface area contributed by atoms with Crippen LogP contribution in [-0.2, 0) is 0 Å². The summed E-state index contributed by atoms with van der Waals surface area (Å²) in [6.07, 6.45) is 6.86. The van der Waals surface area contributed by atoms with Crippen LogP contribution in [0.15, 0.2) is 4.99 Å². The van der Waals surface area contributed by atoms with Crippen LogP contribution in [0.4, 0.5) is 0 Å². The molecule has 0 aromatic heterocycles. The van der Waals surface area contributed by atoms with Gasteiger partial charge in [-0.3, -0.25) is 4.99 Å². The van der Waals surface area contributed by atoms with Crippen molar-refractivity contribution in [3.05, 3.63) is 0 Å². The molecule has 3 atom stereocenters. The Morgan fingerprint density at radius 2 is 2.25 bits per heavy atom. The van der Waals surface area contributed by atoms with E-state index < -0.39 is 0 Å². The Hall–Kier alpha value is -0.730. The predicted molar refractivity (Wildman–Crippen MR) is 68.3 cm³/mol. The molecule has 0 bridgehead atoms. The highest BCUT2D eigenvalue weighted by molar-refractivity contribution is 5.78. The summed E-state index contributed by atoms with van der Waals surface area (Å²) in [4.78, 5) is 4.45. The van der Waals surface area contributed by atoms with Gasteiger partial charge in [0.2, 0.25) is 0 Å². The van der Waals surface area contributed by atoms with Gasteiger partial charge in [-0.2, -0.15) is 0 Å². The van der Waals surface area contributed by atoms with Crippen LogP contribution in [0, 0.1) is 17.8 Å². The molecular weight excluding hydrogens is 198 g/mol. The van der Waals surface area contributed by atoms with E-state index in [0.717, 1.165) is 30.7 Å². The Bertz CT molecular complexity index is 258. The molecule has 0 amide bonds. The zero-order valence-corrected chi connectivity index (χ0v) is 10.6. The van der Waals surface area contributed by atoms with Crippen LogP contribution in [-0.4, -0.2) is 18.5 Å². The fourth-order valence-corrected chi connectivity index (χ4v) is 2.54. The summed E-state index contributed by atoms with van der Waals surface area (Å²) in [6.45, 7) is 5.23. The first-order valence-corrected chi connectivity index (χ1v) is 6.77. The maximum Gasteiger partial charge on any atom is 0.188 e. The molecule has 2 aliphatic carbocycles. The van der Waals surface area contributed by atoms with E-state index in [2.05, 4.69) is 24.2 Å². The number of rotatable bonds is 5. The second-order valence-electron chi connectivity index (χ2n) is 5.53. The highest BCUT2D eigenvalue weighted by atomic mass is 15.1. The number of hydrogen-bond acceptors (Lipinski definition) is 1. The smallest absolute Gasteiger partial charge is 0.188 e. The molecule has 92 valence electrons. The number of nitrogens with one attached hydrogen (secondary N) is 1. The van der Waals surface area contributed by atoms with Crippen LogP contribution in [0.2, 0.25) is 0 Å². The standard InChI is InChI=1S/C13H25N3/c1-3-9(2)16-13(14)15-8-11-7-12(11)10-5-4-6-10/h9-12H,3-8H2,1-2H3,(H3,14,15,16)/t9?,11-,12-/m0/s1. The Kier molecular flexibility index (Phi) is 3.72. The second kappa shape index (κ2) is 5.07. The third-order valence-electron chi connectivity index (χ3n) is 4.24. The molecule has 16 heavy (non-hydrogen) atoms. The van der Waals surface area contributed by atoms with Gasteiger partial charge < -0.3 is 11.1 Å². The number of aliphatic imine (C=N–C) groups is 1. The van der Waals surface area contributed by atoms with Crippen LogP contribution in [0.3, 0.4) is 0 Å². The van der Waals surface area contributed by atoms with Crippen molar-refractivity contribution in [2.45, 2.75) is 52.0 Å². The summed E-state index contributed by atoms with van der Waals surface area (Å²) < 4.78 is 0. The van der Waals surface area contributed by atoms with Crippen molar-refractivity contribution in [3.8, 4) is 0 Å². The molecule has 0 aromatic carbocycles. The minimum Gasteiger partial charge on any atom is -0.370 e. The summed E-state index contributed by atoms with van der Waals surface area (Å²) in [7, 11) is 0. The van der Waals surface area contributed by atoms with Gasteiger partial charge in [0, 0.05) is 12.6 Å². The predicted octanol–water partition coefficient (Wildman–Crippen LogP) is 2.13. The van der Waals surface area contributed by atoms with E-state index in [-0.39, 0.29) is 0 Å². The van der Waals surface area contributed by atoms with Crippen LogP contribution in [0.1, 0.15) is 46.0 Å². The fourth-order valence-electron chi connectivity index (χ4n) is 2.54. The topological polar surface area (TPSA) is 50.4 Å². The molecule has 3 nitrogen and oxygen atoms in total. The van der Waals surface area contributed by atoms with Crippen LogP contribution in [0.25, 0.3) is 0 Å². The van der Waals surface area contributed by atoms with Crippen molar-refractivity contribution in [1.82, 2.24) is 5.32 Å². The van der Waals surface area contributed by atoms with Crippen LogP contribution >= 0.6 is 0 Å². The molecule has 0 saturated heterocycles. The van der Waals surface area contributed by atoms with Gasteiger partial charge in [0.25, 0.3) is 0 Å². The van der Waals surface area contributed by atoms with Gasteiger partial charge in [-0.25, -0.2) is 0 Å². The lowest BCUT2D eigenvalue weighted by Crippen LogP contribution is -2.38. The van der Waals surface area contributed by atoms with Gasteiger partial charge in [0.1, 0.15) is 0 Å². The highest BCUT2D eigenvalue weighted by Gasteiger charge is 2.44. The van der Waals surface area contributed by atoms with Crippen molar-refractivity contribution < 1.29 is 0 Å². The lowest BCUT2D eigenvalue weighted by molar-refractivity contribution is 0.266. The fraction of sp³-hybridized carbons (Fsp3) is 0.923. The number of nitrogens with two attached hydrogens (primary N) is 1. The first-order valence-electron chi connectivity index (χ1n) is 6.77. The van der Waals surface area contributed by atoms with E-state index in [0.29, 0.717) is 12.0 Å². The van der Waals surface area contributed by atoms with Gasteiger partial charge in [0.05, 0.1) is 0 Å². The van der Waals surface area contributed by atoms with Crippen molar-refractivity contribution in [2.24, 2.45) is 28.5 Å². The molecule has 1 unspecified atom stereocenters. The summed E-state index contributed by atoms with van der Waals surface area (Å²) >= 11 is 0. The molecule has 0 spiro atoms. The average molecular weight is 223 g/mol. The molecule has 0 heterocycles. The summed E-state index contributed by atoms with van der Waals surface area (Å²) in [5.41, 5.74) is 5.83. The minimum atomic E-state index is 0.436. The van der Waals surface area contributed by atoms with Crippen LogP contribution < -0.4 is 11.1 Å². The second-order valence-corrected chi connectivity index (χ2v) is 5.53. The largest absolute Gasteiger partial charge is 0.370 e. The molecular formula is C13H25N3. The maximum atomic E-state index is 5.83. The molecule has 2 aliphatic rings. The van der Waals surface area contributed by atoms with Crippen molar-refractivity contribution in [3.63, 3.8) is 0 Å². The van der Waals surface area contributed by atoms with Crippen LogP contribution in [0.5, 0.6) is 0 Å². The highest BCUT2D eigenvalue weighted by Crippen LogP contribution is 2.51. The van der Waals surface area contributed by atoms with Crippen molar-refractivity contribution in [1.29, 1.82) is 0 Å². The van der Waals surface area contributed by atoms with E-state index in [1.54, 1.807) is 0 Å². The maximum absolute atomic E-state index is 5.83. The van der Waals surface area contributed by atoms with E-state index in [4.69, 9.17) is 5.73 Å². The Morgan fingerprint density at radius 1 is 1.50 bits per heavy atom. The molecule has 2 rings (SSSR count). The van der Waals surface area contributed by atoms with E-state index in [9.17, 15) is 0 Å². The molecule has 3 N–H and O–H groups in total. The summed E-state index contributed by atoms with van der Waals surface area (Å²) in [5, 5.41) is 3.21. The lowest BCUT2D eigenvalue weighted by Gasteiger charge is -2.25. The monoisotopic (exact) mass is 223 g/mol. The zero-order valence-electron chi connectivity index (χ0n) is 10.6. The average Bonchev–Trinajstić information content (AvgIpc) is 2.91. The summed E-state index contributed by atoms with van der Waals surface area (Å²) in [5.74, 6) is 3.48. The third-order valence-corrected chi connectivity index (χ3v) is 4.24. The Labute approximate surface area is 98.9 Å². The quantitative estimate of drug-likeness (QED) is 0.554. The van der Waals surface area contributed by atoms with Crippen molar-refractivity contribution in [2.75, 3.05) is 6.54 Å². The van der Waals surface area contributed by atoms with E-state index >= 15 is 0 Å². The van der Waals surface area contributed by atoms with Gasteiger partial charge in [-0.05, 0) is 37.5 Å². The number of hydrogen-bond donors (Lipinski definition) is 2. The Morgan fingerprint density at radius 3 is 2.81 bits per heavy atom. The van der Waals surface area contributed by atoms with Gasteiger partial charge in [-0.1, -0.05) is 26.2 Å². The van der Waals surface area contributed by atoms with Gasteiger partial charge >= 0.3 is 0 Å². The van der Waals surface area contributed by atoms with E-state index in [1.807, 2.05) is 0 Å². The minimum absolute atomic E-state index is 0.436. The lowest BCUT2D eigenvalue weighted by atomic mass is 9.81. The van der Waals surface area contributed by atoms with E-state index in [1.165, 1.54) is 25.7 Å². The third kappa shape index (κ3) is 2.89. The zero-order chi connectivity index (χ0) is 11.5. The molecule has 0 aromatic rings. The first-order chi connectivity index (χ1) is 7.70. The molecule has 0 radical (unpaired) electrons.